The molecule has 0 saturated carbocycles. The predicted molar refractivity (Wildman–Crippen MR) is 52.9 cm³/mol. The molecule has 3 nitrogen and oxygen atoms in total. The molecule has 0 spiro atoms. The number of hydrogen-bond acceptors (Lipinski definition) is 3. The summed E-state index contributed by atoms with van der Waals surface area (Å²) >= 11 is 0. The Bertz CT molecular complexity index is 243. The van der Waals surface area contributed by atoms with Gasteiger partial charge in [0.25, 0.3) is 0 Å². The fourth-order valence-corrected chi connectivity index (χ4v) is 1.28. The molecule has 1 aliphatic heterocycles. The second kappa shape index (κ2) is 4.70. The summed E-state index contributed by atoms with van der Waals surface area (Å²) < 4.78 is 0. The van der Waals surface area contributed by atoms with E-state index in [1.54, 1.807) is 0 Å². The third kappa shape index (κ3) is 3.32. The van der Waals surface area contributed by atoms with Crippen molar-refractivity contribution in [3.05, 3.63) is 24.0 Å². The number of carbonyl (C=O) groups is 1. The monoisotopic (exact) mass is 180 g/mol. The molecule has 72 valence electrons. The van der Waals surface area contributed by atoms with E-state index in [2.05, 4.69) is 13.0 Å². The Morgan fingerprint density at radius 1 is 1.62 bits per heavy atom. The quantitative estimate of drug-likeness (QED) is 0.705. The molecule has 0 atom stereocenters. The number of rotatable bonds is 3. The van der Waals surface area contributed by atoms with Crippen molar-refractivity contribution in [2.75, 3.05) is 13.1 Å². The topological polar surface area (TPSA) is 46.3 Å². The number of carbonyl (C=O) groups excluding carboxylic acids is 1. The number of hydrogen-bond donors (Lipinski definition) is 1. The molecule has 0 aliphatic carbocycles. The molecule has 0 fully saturated rings. The highest BCUT2D eigenvalue weighted by Gasteiger charge is 2.12. The minimum Gasteiger partial charge on any atom is -0.400 e. The van der Waals surface area contributed by atoms with E-state index >= 15 is 0 Å². The van der Waals surface area contributed by atoms with Gasteiger partial charge in [-0.1, -0.05) is 19.4 Å². The zero-order valence-electron chi connectivity index (χ0n) is 7.99. The Kier molecular flexibility index (Phi) is 3.55. The van der Waals surface area contributed by atoms with Crippen molar-refractivity contribution in [1.29, 1.82) is 0 Å². The van der Waals surface area contributed by atoms with E-state index in [1.165, 1.54) is 6.08 Å². The molecule has 2 N–H and O–H groups in total. The van der Waals surface area contributed by atoms with Gasteiger partial charge in [-0.2, -0.15) is 0 Å². The van der Waals surface area contributed by atoms with Crippen LogP contribution in [0.3, 0.4) is 0 Å². The predicted octanol–water partition coefficient (Wildman–Crippen LogP) is 1.03. The first-order valence-corrected chi connectivity index (χ1v) is 4.62. The number of unbranched alkanes of at least 4 members (excludes halogenated alkanes) is 1. The zero-order valence-corrected chi connectivity index (χ0v) is 7.99. The maximum absolute atomic E-state index is 11.1. The molecule has 0 aromatic carbocycles. The molecule has 0 aromatic rings. The van der Waals surface area contributed by atoms with Crippen LogP contribution >= 0.6 is 0 Å². The summed E-state index contributed by atoms with van der Waals surface area (Å²) in [4.78, 5) is 13.0. The maximum atomic E-state index is 11.1. The van der Waals surface area contributed by atoms with Crippen LogP contribution in [0.1, 0.15) is 19.8 Å². The van der Waals surface area contributed by atoms with Crippen molar-refractivity contribution in [3.63, 3.8) is 0 Å². The van der Waals surface area contributed by atoms with E-state index in [1.807, 2.05) is 11.1 Å². The van der Waals surface area contributed by atoms with Gasteiger partial charge in [0.05, 0.1) is 13.1 Å². The molecular formula is C10H16N2O. The summed E-state index contributed by atoms with van der Waals surface area (Å²) in [6.45, 7) is 3.26. The molecule has 0 amide bonds. The normalized spacial score (nSPS) is 18.1. The molecule has 0 unspecified atom stereocenters. The van der Waals surface area contributed by atoms with Crippen LogP contribution in [0.15, 0.2) is 24.0 Å². The van der Waals surface area contributed by atoms with Crippen molar-refractivity contribution >= 4 is 5.78 Å². The highest BCUT2D eigenvalue weighted by Crippen LogP contribution is 2.03. The number of ketones is 1. The lowest BCUT2D eigenvalue weighted by Crippen LogP contribution is -2.33. The van der Waals surface area contributed by atoms with Crippen LogP contribution in [-0.2, 0) is 4.79 Å². The highest BCUT2D eigenvalue weighted by atomic mass is 16.1. The van der Waals surface area contributed by atoms with Crippen LogP contribution in [0.2, 0.25) is 0 Å². The number of nitrogens with two attached hydrogens (primary N) is 1. The largest absolute Gasteiger partial charge is 0.400 e. The summed E-state index contributed by atoms with van der Waals surface area (Å²) in [6, 6.07) is 0. The Morgan fingerprint density at radius 3 is 3.00 bits per heavy atom. The van der Waals surface area contributed by atoms with Gasteiger partial charge in [-0.05, 0) is 12.6 Å². The molecule has 0 aromatic heterocycles. The molecule has 1 aliphatic rings. The van der Waals surface area contributed by atoms with Gasteiger partial charge in [0.1, 0.15) is 0 Å². The van der Waals surface area contributed by atoms with Gasteiger partial charge in [0.15, 0.2) is 5.78 Å². The Labute approximate surface area is 78.9 Å². The van der Waals surface area contributed by atoms with Gasteiger partial charge in [0, 0.05) is 11.8 Å². The summed E-state index contributed by atoms with van der Waals surface area (Å²) in [5.41, 5.74) is 6.23. The van der Waals surface area contributed by atoms with E-state index in [0.717, 1.165) is 12.8 Å². The second-order valence-corrected chi connectivity index (χ2v) is 3.26. The van der Waals surface area contributed by atoms with Gasteiger partial charge < -0.3 is 10.6 Å². The Hall–Kier alpha value is -1.25. The Balaban J connectivity index is 2.45. The van der Waals surface area contributed by atoms with Crippen LogP contribution in [0.25, 0.3) is 0 Å². The van der Waals surface area contributed by atoms with Crippen molar-refractivity contribution < 1.29 is 4.79 Å². The van der Waals surface area contributed by atoms with E-state index in [9.17, 15) is 4.79 Å². The first-order chi connectivity index (χ1) is 6.22. The molecule has 1 heterocycles. The van der Waals surface area contributed by atoms with Crippen molar-refractivity contribution in [1.82, 2.24) is 4.90 Å². The van der Waals surface area contributed by atoms with E-state index in [4.69, 9.17) is 5.73 Å². The first-order valence-electron chi connectivity index (χ1n) is 4.62. The first kappa shape index (κ1) is 9.84. The summed E-state index contributed by atoms with van der Waals surface area (Å²) in [7, 11) is 0. The smallest absolute Gasteiger partial charge is 0.176 e. The third-order valence-corrected chi connectivity index (χ3v) is 1.86. The van der Waals surface area contributed by atoms with Crippen LogP contribution < -0.4 is 5.73 Å². The lowest BCUT2D eigenvalue weighted by Gasteiger charge is -2.22. The maximum Gasteiger partial charge on any atom is 0.176 e. The molecular weight excluding hydrogens is 164 g/mol. The van der Waals surface area contributed by atoms with Crippen molar-refractivity contribution in [2.45, 2.75) is 19.8 Å². The lowest BCUT2D eigenvalue weighted by atomic mass is 10.2. The fourth-order valence-electron chi connectivity index (χ4n) is 1.28. The minimum absolute atomic E-state index is 0.0879. The van der Waals surface area contributed by atoms with Crippen molar-refractivity contribution in [2.24, 2.45) is 5.73 Å². The van der Waals surface area contributed by atoms with Crippen LogP contribution in [-0.4, -0.2) is 23.8 Å². The van der Waals surface area contributed by atoms with E-state index in [-0.39, 0.29) is 5.78 Å². The molecule has 3 heteroatoms. The third-order valence-electron chi connectivity index (χ3n) is 1.86. The van der Waals surface area contributed by atoms with Crippen LogP contribution in [0.5, 0.6) is 0 Å². The molecule has 0 bridgehead atoms. The molecule has 0 radical (unpaired) electrons. The SMILES string of the molecule is CCCC=CN1CC(=O)C=C(N)C1. The van der Waals surface area contributed by atoms with Crippen molar-refractivity contribution in [3.8, 4) is 0 Å². The van der Waals surface area contributed by atoms with E-state index in [0.29, 0.717) is 18.8 Å². The van der Waals surface area contributed by atoms with Crippen LogP contribution in [0, 0.1) is 0 Å². The van der Waals surface area contributed by atoms with Crippen LogP contribution in [0.4, 0.5) is 0 Å². The minimum atomic E-state index is 0.0879. The van der Waals surface area contributed by atoms with Gasteiger partial charge in [-0.3, -0.25) is 4.79 Å². The fraction of sp³-hybridized carbons (Fsp3) is 0.500. The summed E-state index contributed by atoms with van der Waals surface area (Å²) in [5.74, 6) is 0.0879. The number of nitrogens with zero attached hydrogens (tertiary/aromatic N) is 1. The Morgan fingerprint density at radius 2 is 2.38 bits per heavy atom. The average Bonchev–Trinajstić information content (AvgIpc) is 2.03. The molecule has 0 saturated heterocycles. The summed E-state index contributed by atoms with van der Waals surface area (Å²) in [6.07, 6.45) is 7.73. The standard InChI is InChI=1S/C10H16N2O/c1-2-3-4-5-12-7-9(11)6-10(13)8-12/h4-6H,2-3,7-8,11H2,1H3. The molecule has 1 rings (SSSR count). The lowest BCUT2D eigenvalue weighted by molar-refractivity contribution is -0.115. The average molecular weight is 180 g/mol. The second-order valence-electron chi connectivity index (χ2n) is 3.26. The molecule has 13 heavy (non-hydrogen) atoms. The van der Waals surface area contributed by atoms with Gasteiger partial charge in [-0.15, -0.1) is 0 Å². The van der Waals surface area contributed by atoms with Gasteiger partial charge in [0.2, 0.25) is 0 Å². The number of allylic oxidation sites excluding steroid dienone is 1. The van der Waals surface area contributed by atoms with E-state index < -0.39 is 0 Å². The highest BCUT2D eigenvalue weighted by molar-refractivity contribution is 5.92. The zero-order chi connectivity index (χ0) is 9.68. The summed E-state index contributed by atoms with van der Waals surface area (Å²) in [5, 5.41) is 0. The van der Waals surface area contributed by atoms with Gasteiger partial charge in [-0.25, -0.2) is 0 Å². The van der Waals surface area contributed by atoms with Gasteiger partial charge >= 0.3 is 0 Å².